The summed E-state index contributed by atoms with van der Waals surface area (Å²) in [5.74, 6) is -7.61. The predicted molar refractivity (Wildman–Crippen MR) is 525 cm³/mol. The Labute approximate surface area is 808 Å². The largest absolute Gasteiger partial charge is 0.497 e. The molecule has 740 valence electrons. The lowest BCUT2D eigenvalue weighted by molar-refractivity contribution is -0.142. The van der Waals surface area contributed by atoms with E-state index in [4.69, 9.17) is 24.6 Å². The lowest BCUT2D eigenvalue weighted by Crippen LogP contribution is -2.62. The molecule has 4 aliphatic rings. The Morgan fingerprint density at radius 1 is 0.587 bits per heavy atom. The molecule has 6 aromatic carbocycles. The zero-order chi connectivity index (χ0) is 99.5. The lowest BCUT2D eigenvalue weighted by atomic mass is 9.77. The number of methoxy groups -OCH3 is 1. The van der Waals surface area contributed by atoms with Gasteiger partial charge in [0.05, 0.1) is 36.2 Å². The first-order valence-corrected chi connectivity index (χ1v) is 49.7. The zero-order valence-corrected chi connectivity index (χ0v) is 82.5. The highest BCUT2D eigenvalue weighted by Gasteiger charge is 2.45. The number of benzene rings is 6. The lowest BCUT2D eigenvalue weighted by Gasteiger charge is -2.37. The van der Waals surface area contributed by atoms with Gasteiger partial charge in [0.1, 0.15) is 77.0 Å². The monoisotopic (exact) mass is 1910 g/mol. The molecule has 13 N–H and O–H groups in total. The highest BCUT2D eigenvalue weighted by atomic mass is 32.2. The Morgan fingerprint density at radius 3 is 1.69 bits per heavy atom. The second-order valence-corrected chi connectivity index (χ2v) is 40.9. The molecule has 34 heteroatoms. The Balaban J connectivity index is 0.870. The van der Waals surface area contributed by atoms with Crippen molar-refractivity contribution in [1.29, 1.82) is 5.41 Å². The van der Waals surface area contributed by atoms with E-state index in [1.165, 1.54) is 16.9 Å². The van der Waals surface area contributed by atoms with Crippen LogP contribution in [0, 0.1) is 38.0 Å². The normalized spacial score (nSPS) is 22.2. The molecule has 138 heavy (non-hydrogen) atoms. The molecule has 33 nitrogen and oxygen atoms in total. The van der Waals surface area contributed by atoms with Crippen molar-refractivity contribution < 1.29 is 75.4 Å². The van der Waals surface area contributed by atoms with Crippen LogP contribution in [-0.4, -0.2) is 215 Å². The first kappa shape index (κ1) is 104. The summed E-state index contributed by atoms with van der Waals surface area (Å²) in [5, 5.41) is 38.8. The molecule has 3 fully saturated rings. The molecule has 0 aliphatic carbocycles. The number of H-pyrrole nitrogens is 1. The van der Waals surface area contributed by atoms with Crippen LogP contribution in [0.1, 0.15) is 208 Å². The Bertz CT molecular complexity index is 5690. The van der Waals surface area contributed by atoms with Crippen LogP contribution in [0.2, 0.25) is 0 Å². The van der Waals surface area contributed by atoms with Gasteiger partial charge in [0.25, 0.3) is 10.0 Å². The van der Waals surface area contributed by atoms with Crippen molar-refractivity contribution >= 4 is 91.9 Å². The third kappa shape index (κ3) is 26.5. The number of fused-ring (bicyclic) bond motifs is 4. The van der Waals surface area contributed by atoms with Gasteiger partial charge in [-0.15, -0.1) is 0 Å². The summed E-state index contributed by atoms with van der Waals surface area (Å²) in [6.45, 7) is 23.2. The maximum atomic E-state index is 16.1. The van der Waals surface area contributed by atoms with Gasteiger partial charge in [-0.2, -0.15) is 0 Å². The number of rotatable bonds is 23. The van der Waals surface area contributed by atoms with Crippen LogP contribution < -0.4 is 67.4 Å². The van der Waals surface area contributed by atoms with Gasteiger partial charge in [-0.1, -0.05) is 155 Å². The summed E-state index contributed by atoms with van der Waals surface area (Å²) in [4.78, 5) is 179. The molecular formula is C104H137N17O16S. The molecule has 11 amide bonds. The number of carbonyl (C=O) groups is 11. The smallest absolute Gasteiger partial charge is 0.264 e. The topological polar surface area (TPSA) is 446 Å². The van der Waals surface area contributed by atoms with Crippen LogP contribution in [0.25, 0.3) is 10.9 Å². The Kier molecular flexibility index (Phi) is 35.0. The minimum atomic E-state index is -4.36. The molecule has 12 rings (SSSR count). The van der Waals surface area contributed by atoms with Crippen LogP contribution in [0.15, 0.2) is 163 Å². The minimum Gasteiger partial charge on any atom is -0.497 e. The Hall–Kier alpha value is -13.0. The van der Waals surface area contributed by atoms with Gasteiger partial charge in [-0.05, 0) is 201 Å². The molecule has 0 radical (unpaired) electrons. The van der Waals surface area contributed by atoms with Gasteiger partial charge < -0.3 is 86.7 Å². The van der Waals surface area contributed by atoms with Crippen LogP contribution in [0.5, 0.6) is 11.5 Å². The van der Waals surface area contributed by atoms with E-state index in [1.807, 2.05) is 168 Å². The number of hydrogen-bond donors (Lipinski definition) is 13. The van der Waals surface area contributed by atoms with E-state index >= 15 is 38.4 Å². The maximum Gasteiger partial charge on any atom is 0.264 e. The van der Waals surface area contributed by atoms with Crippen molar-refractivity contribution in [2.45, 2.75) is 281 Å². The van der Waals surface area contributed by atoms with Crippen LogP contribution >= 0.6 is 0 Å². The summed E-state index contributed by atoms with van der Waals surface area (Å²) < 4.78 is 51.0. The summed E-state index contributed by atoms with van der Waals surface area (Å²) in [6, 6.07) is 30.7. The molecule has 0 spiro atoms. The highest BCUT2D eigenvalue weighted by molar-refractivity contribution is 7.90. The van der Waals surface area contributed by atoms with Gasteiger partial charge in [-0.3, -0.25) is 58.1 Å². The molecule has 4 aliphatic heterocycles. The van der Waals surface area contributed by atoms with Crippen LogP contribution in [0.4, 0.5) is 0 Å². The zero-order valence-electron chi connectivity index (χ0n) is 81.7. The molecule has 3 saturated heterocycles. The summed E-state index contributed by atoms with van der Waals surface area (Å²) in [5.41, 5.74) is 4.64. The number of para-hydroxylation sites is 1. The standard InChI is InChI=1S/C104H137N17O16S/c1-63(2)52-80-92(124)111-79(40-29-49-107-101(105)118-138(133,134)91-67(7)66(6)90-77(68(91)8)58-103(12,13)137-90)100(132)121-51-31-42-87(121)98(130)110-65(5)54-88(122)106-48-28-18-25-43-89(123)120-50-30-41-86(120)99(131)116-84(57-74-60-119(62-109-74)104(71-32-19-15-20-33-71,72-34-21-16-22-35-72)73-36-23-17-24-37-73)96(128)115-83(56-70-59-108-78-39-27-26-38-76(70)78)95(127)117-85(61-136-102(9,10)11)97(129)114-82(55-69-44-46-75(135-14)47-45-69)94(126)113-81(53-64(3)4)93(125)112-80/h15-17,19-24,26-27,32-39,44-47,59-60,62-65,79-87,108H,18,25,28-31,40-43,48-58,61H2,1-14H3,(H,106,122)(H,110,130)(H,111,124)(H,112,125)(H,113,126)(H,114,129)(H,115,128)(H,116,131)(H,117,127)(H3,105,107,118)/t65?,79-,80-,81+,82-,83-,84-,85-,86-,87-/m0/s1. The number of ether oxygens (including phenoxy) is 3. The van der Waals surface area contributed by atoms with E-state index in [9.17, 15) is 22.8 Å². The fourth-order valence-corrected chi connectivity index (χ4v) is 20.5. The van der Waals surface area contributed by atoms with Crippen molar-refractivity contribution in [3.05, 3.63) is 214 Å². The van der Waals surface area contributed by atoms with Gasteiger partial charge in [0, 0.05) is 99.6 Å². The number of aromatic nitrogens is 3. The maximum absolute atomic E-state index is 16.1. The summed E-state index contributed by atoms with van der Waals surface area (Å²) >= 11 is 0. The van der Waals surface area contributed by atoms with Crippen molar-refractivity contribution in [1.82, 2.24) is 82.2 Å². The van der Waals surface area contributed by atoms with E-state index in [0.29, 0.717) is 94.4 Å². The quantitative estimate of drug-likeness (QED) is 0.0123. The molecule has 0 bridgehead atoms. The number of nitrogens with one attached hydrogen (secondary N) is 13. The van der Waals surface area contributed by atoms with Crippen molar-refractivity contribution in [3.8, 4) is 11.5 Å². The fraction of sp³-hybridized carbons (Fsp3) is 0.490. The molecule has 10 atom stereocenters. The number of sulfonamides is 1. The average molecular weight is 1910 g/mol. The van der Waals surface area contributed by atoms with Gasteiger partial charge in [0.2, 0.25) is 70.9 Å². The van der Waals surface area contributed by atoms with E-state index in [1.54, 1.807) is 85.3 Å². The molecule has 8 aromatic rings. The number of carbonyl (C=O) groups excluding carboxylic acids is 11. The van der Waals surface area contributed by atoms with E-state index in [0.717, 1.165) is 22.3 Å². The fourth-order valence-electron chi connectivity index (χ4n) is 19.0. The number of imidazole rings is 1. The number of aromatic amines is 1. The second-order valence-electron chi connectivity index (χ2n) is 39.3. The Morgan fingerprint density at radius 2 is 1.10 bits per heavy atom. The highest BCUT2D eigenvalue weighted by Crippen LogP contribution is 2.45. The van der Waals surface area contributed by atoms with Crippen molar-refractivity contribution in [2.24, 2.45) is 11.8 Å². The van der Waals surface area contributed by atoms with Crippen LogP contribution in [0.3, 0.4) is 0 Å². The van der Waals surface area contributed by atoms with Gasteiger partial charge in [-0.25, -0.2) is 18.1 Å². The van der Waals surface area contributed by atoms with E-state index in [-0.39, 0.29) is 125 Å². The number of nitrogens with zero attached hydrogens (tertiary/aromatic N) is 4. The third-order valence-corrected chi connectivity index (χ3v) is 27.6. The third-order valence-electron chi connectivity index (χ3n) is 26.0. The van der Waals surface area contributed by atoms with Crippen molar-refractivity contribution in [2.75, 3.05) is 39.9 Å². The molecule has 0 saturated carbocycles. The number of guanidine groups is 1. The summed E-state index contributed by atoms with van der Waals surface area (Å²) in [6.07, 6.45) is 7.59. The molecule has 1 unspecified atom stereocenters. The first-order valence-electron chi connectivity index (χ1n) is 48.2. The average Bonchev–Trinajstić information content (AvgIpc) is 1.39. The van der Waals surface area contributed by atoms with Gasteiger partial charge >= 0.3 is 0 Å². The number of amides is 11. The van der Waals surface area contributed by atoms with Gasteiger partial charge in [0.15, 0.2) is 0 Å². The SMILES string of the molecule is COc1ccc(C[C@@H]2NC(=O)[C@H](COC(C)(C)C)NC(=O)[C@H](Cc3c[nH]c4ccccc34)NC(=O)[C@H](Cc3cn(C(c4ccccc4)(c4ccccc4)c4ccccc4)cn3)NC(=O)[C@@H]3CCCN3C(=O)CCCCCNC(=O)CC(C)NC(=O)[C@@H]3CCCN3C(=O)[C@H](CCCNC(=N)NS(=O)(=O)c3c(C)c(C)c4c(c3C)CC(C)(C)O4)NC(=O)[C@H](CC(C)C)NC(=O)[C@@H](CC(C)C)NC2=O)cc1. The second kappa shape index (κ2) is 46.4. The van der Waals surface area contributed by atoms with E-state index in [2.05, 4.69) is 62.9 Å². The first-order chi connectivity index (χ1) is 65.7. The summed E-state index contributed by atoms with van der Waals surface area (Å²) in [7, 11) is -2.87. The van der Waals surface area contributed by atoms with Crippen molar-refractivity contribution in [3.63, 3.8) is 0 Å². The minimum absolute atomic E-state index is 0.00444. The predicted octanol–water partition coefficient (Wildman–Crippen LogP) is 9.03. The number of hydrogen-bond acceptors (Lipinski definition) is 18. The molecule has 6 heterocycles. The molecular weight excluding hydrogens is 1780 g/mol. The van der Waals surface area contributed by atoms with E-state index < -0.39 is 153 Å². The van der Waals surface area contributed by atoms with Crippen LogP contribution in [-0.2, 0) is 98.7 Å². The molecule has 2 aromatic heterocycles.